The maximum atomic E-state index is 13.4. The highest BCUT2D eigenvalue weighted by Gasteiger charge is 2.29. The first-order valence-corrected chi connectivity index (χ1v) is 13.2. The Morgan fingerprint density at radius 3 is 1.49 bits per heavy atom. The van der Waals surface area contributed by atoms with Gasteiger partial charge >= 0.3 is 0 Å². The molecule has 0 heterocycles. The molecule has 0 saturated heterocycles. The number of nitrogens with one attached hydrogen (secondary N) is 1. The SMILES string of the molecule is COc1cc(Br)c(C(NS(=O)(=O)c2ccc(Cl)cc2)c2cc(OC)c(OC)cc2Br)cc1OC.[Br-]. The molecule has 190 valence electrons. The molecule has 3 aromatic rings. The Morgan fingerprint density at radius 1 is 0.743 bits per heavy atom. The topological polar surface area (TPSA) is 83.1 Å². The molecule has 0 radical (unpaired) electrons. The van der Waals surface area contributed by atoms with Gasteiger partial charge in [0.05, 0.1) is 39.4 Å². The van der Waals surface area contributed by atoms with Gasteiger partial charge in [-0.3, -0.25) is 0 Å². The van der Waals surface area contributed by atoms with Crippen molar-refractivity contribution < 1.29 is 44.3 Å². The van der Waals surface area contributed by atoms with Gasteiger partial charge in [0.1, 0.15) is 0 Å². The Hall–Kier alpha value is -1.50. The van der Waals surface area contributed by atoms with E-state index in [9.17, 15) is 8.42 Å². The smallest absolute Gasteiger partial charge is 0.241 e. The first kappa shape index (κ1) is 29.7. The lowest BCUT2D eigenvalue weighted by atomic mass is 9.98. The van der Waals surface area contributed by atoms with Crippen LogP contribution in [-0.4, -0.2) is 36.9 Å². The van der Waals surface area contributed by atoms with Gasteiger partial charge in [-0.2, -0.15) is 4.72 Å². The van der Waals surface area contributed by atoms with Crippen LogP contribution in [0.15, 0.2) is 62.4 Å². The normalized spacial score (nSPS) is 11.1. The Labute approximate surface area is 237 Å². The average Bonchev–Trinajstić information content (AvgIpc) is 2.82. The van der Waals surface area contributed by atoms with Crippen LogP contribution in [0.5, 0.6) is 23.0 Å². The molecule has 0 bridgehead atoms. The van der Waals surface area contributed by atoms with Crippen LogP contribution in [0, 0.1) is 0 Å². The third kappa shape index (κ3) is 6.64. The molecule has 12 heteroatoms. The zero-order valence-electron chi connectivity index (χ0n) is 19.1. The molecule has 0 fully saturated rings. The second kappa shape index (κ2) is 12.6. The van der Waals surface area contributed by atoms with Crippen molar-refractivity contribution in [3.05, 3.63) is 73.6 Å². The van der Waals surface area contributed by atoms with Crippen molar-refractivity contribution in [1.82, 2.24) is 4.72 Å². The van der Waals surface area contributed by atoms with Crippen LogP contribution >= 0.6 is 43.5 Å². The molecule has 0 aromatic heterocycles. The predicted octanol–water partition coefficient (Wildman–Crippen LogP) is 2.97. The van der Waals surface area contributed by atoms with Gasteiger partial charge in [-0.15, -0.1) is 0 Å². The second-order valence-electron chi connectivity index (χ2n) is 6.97. The molecule has 0 aliphatic rings. The molecule has 3 rings (SSSR count). The molecule has 0 spiro atoms. The summed E-state index contributed by atoms with van der Waals surface area (Å²) in [5.41, 5.74) is 1.17. The Kier molecular flexibility index (Phi) is 10.7. The van der Waals surface area contributed by atoms with Crippen molar-refractivity contribution in [1.29, 1.82) is 0 Å². The number of hydrogen-bond acceptors (Lipinski definition) is 6. The average molecular weight is 716 g/mol. The highest BCUT2D eigenvalue weighted by Crippen LogP contribution is 2.43. The lowest BCUT2D eigenvalue weighted by Crippen LogP contribution is -3.00. The van der Waals surface area contributed by atoms with Gasteiger partial charge in [0.2, 0.25) is 10.0 Å². The van der Waals surface area contributed by atoms with E-state index in [1.54, 1.807) is 24.3 Å². The van der Waals surface area contributed by atoms with Crippen LogP contribution in [0.25, 0.3) is 0 Å². The first-order valence-electron chi connectivity index (χ1n) is 9.75. The minimum Gasteiger partial charge on any atom is -1.00 e. The summed E-state index contributed by atoms with van der Waals surface area (Å²) in [5, 5.41) is 0.431. The van der Waals surface area contributed by atoms with Crippen molar-refractivity contribution in [3.8, 4) is 23.0 Å². The molecule has 0 saturated carbocycles. The maximum Gasteiger partial charge on any atom is 0.241 e. The quantitative estimate of drug-likeness (QED) is 0.367. The van der Waals surface area contributed by atoms with Crippen LogP contribution in [0.3, 0.4) is 0 Å². The van der Waals surface area contributed by atoms with Crippen molar-refractivity contribution >= 4 is 53.5 Å². The number of ether oxygens (including phenoxy) is 4. The van der Waals surface area contributed by atoms with Crippen LogP contribution < -0.4 is 40.7 Å². The van der Waals surface area contributed by atoms with Crippen molar-refractivity contribution in [2.75, 3.05) is 28.4 Å². The van der Waals surface area contributed by atoms with E-state index >= 15 is 0 Å². The molecule has 0 atom stereocenters. The monoisotopic (exact) mass is 712 g/mol. The second-order valence-corrected chi connectivity index (χ2v) is 10.8. The summed E-state index contributed by atoms with van der Waals surface area (Å²) in [6.45, 7) is 0. The van der Waals surface area contributed by atoms with Crippen LogP contribution in [-0.2, 0) is 10.0 Å². The Morgan fingerprint density at radius 2 is 1.11 bits per heavy atom. The number of hydrogen-bond donors (Lipinski definition) is 1. The van der Waals surface area contributed by atoms with E-state index in [0.29, 0.717) is 48.1 Å². The fourth-order valence-electron chi connectivity index (χ4n) is 3.31. The van der Waals surface area contributed by atoms with E-state index in [4.69, 9.17) is 30.5 Å². The predicted molar refractivity (Wildman–Crippen MR) is 138 cm³/mol. The van der Waals surface area contributed by atoms with E-state index in [1.807, 2.05) is 0 Å². The molecule has 3 aromatic carbocycles. The van der Waals surface area contributed by atoms with Crippen molar-refractivity contribution in [3.63, 3.8) is 0 Å². The standard InChI is InChI=1S/C23H22Br2ClNO6S.BrH/c1-30-19-9-15(17(24)11-21(19)32-3)23(16-10-20(31-2)22(33-4)12-18(16)25)27-34(28,29)14-7-5-13(26)6-8-14;/h5-12,23,27H,1-4H3;1H/p-1. The van der Waals surface area contributed by atoms with E-state index in [-0.39, 0.29) is 21.9 Å². The minimum atomic E-state index is -3.97. The summed E-state index contributed by atoms with van der Waals surface area (Å²) in [5.74, 6) is 1.86. The summed E-state index contributed by atoms with van der Waals surface area (Å²) < 4.78 is 52.5. The van der Waals surface area contributed by atoms with Crippen molar-refractivity contribution in [2.45, 2.75) is 10.9 Å². The van der Waals surface area contributed by atoms with Gasteiger partial charge in [0, 0.05) is 14.0 Å². The Balaban J connectivity index is 0.00000432. The molecule has 0 aliphatic heterocycles. The highest BCUT2D eigenvalue weighted by atomic mass is 79.9. The fraction of sp³-hybridized carbons (Fsp3) is 0.217. The van der Waals surface area contributed by atoms with Gasteiger partial charge in [-0.1, -0.05) is 43.5 Å². The number of benzene rings is 3. The third-order valence-corrected chi connectivity index (χ3v) is 8.09. The number of methoxy groups -OCH3 is 4. The van der Waals surface area contributed by atoms with Gasteiger partial charge in [-0.25, -0.2) is 8.42 Å². The molecule has 0 aliphatic carbocycles. The molecule has 1 N–H and O–H groups in total. The minimum absolute atomic E-state index is 0. The van der Waals surface area contributed by atoms with E-state index in [2.05, 4.69) is 36.6 Å². The van der Waals surface area contributed by atoms with Gasteiger partial charge in [0.25, 0.3) is 0 Å². The van der Waals surface area contributed by atoms with E-state index in [1.165, 1.54) is 52.7 Å². The molecular weight excluding hydrogens is 693 g/mol. The van der Waals surface area contributed by atoms with Gasteiger partial charge < -0.3 is 35.9 Å². The van der Waals surface area contributed by atoms with Crippen LogP contribution in [0.1, 0.15) is 17.2 Å². The highest BCUT2D eigenvalue weighted by molar-refractivity contribution is 9.10. The molecule has 0 amide bonds. The fourth-order valence-corrected chi connectivity index (χ4v) is 5.74. The summed E-state index contributed by atoms with van der Waals surface area (Å²) in [7, 11) is 2.09. The third-order valence-electron chi connectivity index (χ3n) is 5.02. The maximum absolute atomic E-state index is 13.4. The molecule has 0 unspecified atom stereocenters. The number of halogens is 4. The van der Waals surface area contributed by atoms with Crippen molar-refractivity contribution in [2.24, 2.45) is 0 Å². The van der Waals surface area contributed by atoms with Crippen LogP contribution in [0.2, 0.25) is 5.02 Å². The molecule has 7 nitrogen and oxygen atoms in total. The van der Waals surface area contributed by atoms with Gasteiger partial charge in [-0.05, 0) is 59.7 Å². The van der Waals surface area contributed by atoms with Crippen LogP contribution in [0.4, 0.5) is 0 Å². The summed E-state index contributed by atoms with van der Waals surface area (Å²) >= 11 is 13.0. The van der Waals surface area contributed by atoms with E-state index < -0.39 is 16.1 Å². The van der Waals surface area contributed by atoms with E-state index in [0.717, 1.165) is 0 Å². The summed E-state index contributed by atoms with van der Waals surface area (Å²) in [6, 6.07) is 11.9. The Bertz CT molecular complexity index is 1230. The zero-order chi connectivity index (χ0) is 25.0. The number of sulfonamides is 1. The lowest BCUT2D eigenvalue weighted by Gasteiger charge is -2.24. The number of rotatable bonds is 9. The molecular formula is C23H22Br3ClNO6S-. The largest absolute Gasteiger partial charge is 1.00 e. The zero-order valence-corrected chi connectivity index (χ0v) is 25.4. The van der Waals surface area contributed by atoms with Gasteiger partial charge in [0.15, 0.2) is 23.0 Å². The molecule has 35 heavy (non-hydrogen) atoms. The summed E-state index contributed by atoms with van der Waals surface area (Å²) in [4.78, 5) is 0.0649. The lowest BCUT2D eigenvalue weighted by molar-refractivity contribution is -0.0000101. The first-order chi connectivity index (χ1) is 16.1. The summed E-state index contributed by atoms with van der Waals surface area (Å²) in [6.07, 6.45) is 0.